The maximum Gasteiger partial charge on any atom is 0.0558 e. The summed E-state index contributed by atoms with van der Waals surface area (Å²) in [5.41, 5.74) is 1.37. The smallest absolute Gasteiger partial charge is 0.0558 e. The molecule has 2 nitrogen and oxygen atoms in total. The molecule has 0 radical (unpaired) electrons. The number of rotatable bonds is 8. The Kier molecular flexibility index (Phi) is 6.64. The third-order valence-electron chi connectivity index (χ3n) is 2.48. The molecule has 3 heteroatoms. The molecule has 0 aliphatic rings. The van der Waals surface area contributed by atoms with Crippen molar-refractivity contribution in [3.63, 3.8) is 0 Å². The maximum atomic E-state index is 8.98. The van der Waals surface area contributed by atoms with E-state index in [0.29, 0.717) is 0 Å². The van der Waals surface area contributed by atoms with Crippen LogP contribution in [0.15, 0.2) is 16.8 Å². The van der Waals surface area contributed by atoms with E-state index in [1.165, 1.54) is 24.8 Å². The molecule has 1 heterocycles. The molecule has 0 aliphatic carbocycles. The van der Waals surface area contributed by atoms with Gasteiger partial charge in [0.05, 0.1) is 6.61 Å². The van der Waals surface area contributed by atoms with Gasteiger partial charge in [0.1, 0.15) is 0 Å². The summed E-state index contributed by atoms with van der Waals surface area (Å²) in [7, 11) is 0. The topological polar surface area (TPSA) is 23.5 Å². The van der Waals surface area contributed by atoms with Gasteiger partial charge >= 0.3 is 0 Å². The summed E-state index contributed by atoms with van der Waals surface area (Å²) in [5.74, 6) is 0. The lowest BCUT2D eigenvalue weighted by Crippen LogP contribution is -2.27. The molecular formula is C12H21NOS. The fourth-order valence-corrected chi connectivity index (χ4v) is 2.30. The summed E-state index contributed by atoms with van der Waals surface area (Å²) in [6, 6.07) is 2.16. The van der Waals surface area contributed by atoms with E-state index in [9.17, 15) is 0 Å². The average molecular weight is 227 g/mol. The van der Waals surface area contributed by atoms with Crippen molar-refractivity contribution < 1.29 is 5.11 Å². The standard InChI is InChI=1S/C12H21NOS/c1-2-3-4-6-13(7-8-14)10-12-5-9-15-11-12/h5,9,11,14H,2-4,6-8,10H2,1H3. The van der Waals surface area contributed by atoms with Crippen molar-refractivity contribution in [2.24, 2.45) is 0 Å². The minimum atomic E-state index is 0.260. The first kappa shape index (κ1) is 12.7. The van der Waals surface area contributed by atoms with Gasteiger partial charge in [-0.15, -0.1) is 0 Å². The van der Waals surface area contributed by atoms with Gasteiger partial charge in [-0.3, -0.25) is 4.90 Å². The Bertz CT molecular complexity index is 236. The van der Waals surface area contributed by atoms with Crippen LogP contribution in [0.4, 0.5) is 0 Å². The number of aliphatic hydroxyl groups is 1. The van der Waals surface area contributed by atoms with Gasteiger partial charge in [-0.2, -0.15) is 11.3 Å². The lowest BCUT2D eigenvalue weighted by atomic mass is 10.2. The highest BCUT2D eigenvalue weighted by atomic mass is 32.1. The van der Waals surface area contributed by atoms with Gasteiger partial charge < -0.3 is 5.11 Å². The largest absolute Gasteiger partial charge is 0.395 e. The molecule has 0 aliphatic heterocycles. The second-order valence-electron chi connectivity index (χ2n) is 3.84. The predicted octanol–water partition coefficient (Wildman–Crippen LogP) is 2.73. The fourth-order valence-electron chi connectivity index (χ4n) is 1.64. The number of hydrogen-bond donors (Lipinski definition) is 1. The Labute approximate surface area is 96.5 Å². The van der Waals surface area contributed by atoms with Gasteiger partial charge in [0, 0.05) is 13.1 Å². The number of aliphatic hydroxyl groups excluding tert-OH is 1. The molecular weight excluding hydrogens is 206 g/mol. The molecule has 0 atom stereocenters. The van der Waals surface area contributed by atoms with Crippen LogP contribution in [0, 0.1) is 0 Å². The van der Waals surface area contributed by atoms with Crippen molar-refractivity contribution in [3.8, 4) is 0 Å². The number of thiophene rings is 1. The van der Waals surface area contributed by atoms with Crippen LogP contribution in [0.25, 0.3) is 0 Å². The fraction of sp³-hybridized carbons (Fsp3) is 0.667. The number of unbranched alkanes of at least 4 members (excludes halogenated alkanes) is 2. The Morgan fingerprint density at radius 3 is 2.80 bits per heavy atom. The summed E-state index contributed by atoms with van der Waals surface area (Å²) in [6.45, 7) is 5.35. The molecule has 1 N–H and O–H groups in total. The van der Waals surface area contributed by atoms with Crippen molar-refractivity contribution in [1.82, 2.24) is 4.90 Å². The van der Waals surface area contributed by atoms with Gasteiger partial charge in [-0.1, -0.05) is 19.8 Å². The molecule has 0 saturated heterocycles. The minimum Gasteiger partial charge on any atom is -0.395 e. The van der Waals surface area contributed by atoms with Gasteiger partial charge in [-0.25, -0.2) is 0 Å². The summed E-state index contributed by atoms with van der Waals surface area (Å²) >= 11 is 1.74. The first-order chi connectivity index (χ1) is 7.36. The number of nitrogens with zero attached hydrogens (tertiary/aromatic N) is 1. The molecule has 0 unspecified atom stereocenters. The Balaban J connectivity index is 2.29. The van der Waals surface area contributed by atoms with E-state index in [1.54, 1.807) is 11.3 Å². The first-order valence-corrected chi connectivity index (χ1v) is 6.65. The normalized spacial score (nSPS) is 11.1. The van der Waals surface area contributed by atoms with Gasteiger partial charge in [0.15, 0.2) is 0 Å². The second kappa shape index (κ2) is 7.85. The van der Waals surface area contributed by atoms with E-state index < -0.39 is 0 Å². The molecule has 0 amide bonds. The number of hydrogen-bond acceptors (Lipinski definition) is 3. The monoisotopic (exact) mass is 227 g/mol. The molecule has 0 aromatic carbocycles. The molecule has 1 aromatic rings. The Hall–Kier alpha value is -0.380. The zero-order valence-electron chi connectivity index (χ0n) is 9.48. The van der Waals surface area contributed by atoms with Crippen LogP contribution in [0.5, 0.6) is 0 Å². The average Bonchev–Trinajstić information content (AvgIpc) is 2.71. The van der Waals surface area contributed by atoms with Crippen molar-refractivity contribution in [1.29, 1.82) is 0 Å². The van der Waals surface area contributed by atoms with E-state index in [-0.39, 0.29) is 6.61 Å². The Morgan fingerprint density at radius 1 is 1.33 bits per heavy atom. The molecule has 0 saturated carbocycles. The van der Waals surface area contributed by atoms with E-state index in [4.69, 9.17) is 5.11 Å². The van der Waals surface area contributed by atoms with Crippen molar-refractivity contribution in [2.45, 2.75) is 32.7 Å². The highest BCUT2D eigenvalue weighted by Gasteiger charge is 2.04. The zero-order chi connectivity index (χ0) is 10.9. The van der Waals surface area contributed by atoms with Crippen molar-refractivity contribution >= 4 is 11.3 Å². The summed E-state index contributed by atoms with van der Waals surface area (Å²) in [6.07, 6.45) is 3.78. The zero-order valence-corrected chi connectivity index (χ0v) is 10.3. The highest BCUT2D eigenvalue weighted by Crippen LogP contribution is 2.10. The van der Waals surface area contributed by atoms with Crippen LogP contribution in [0.1, 0.15) is 31.7 Å². The minimum absolute atomic E-state index is 0.260. The first-order valence-electron chi connectivity index (χ1n) is 5.71. The third-order valence-corrected chi connectivity index (χ3v) is 3.21. The SMILES string of the molecule is CCCCCN(CCO)Cc1ccsc1. The van der Waals surface area contributed by atoms with Crippen LogP contribution in [0.2, 0.25) is 0 Å². The van der Waals surface area contributed by atoms with E-state index in [0.717, 1.165) is 19.6 Å². The van der Waals surface area contributed by atoms with Crippen molar-refractivity contribution in [3.05, 3.63) is 22.4 Å². The molecule has 1 aromatic heterocycles. The summed E-state index contributed by atoms with van der Waals surface area (Å²) < 4.78 is 0. The van der Waals surface area contributed by atoms with Crippen LogP contribution >= 0.6 is 11.3 Å². The molecule has 86 valence electrons. The second-order valence-corrected chi connectivity index (χ2v) is 4.62. The molecule has 0 fully saturated rings. The molecule has 1 rings (SSSR count). The van der Waals surface area contributed by atoms with Crippen LogP contribution in [-0.2, 0) is 6.54 Å². The van der Waals surface area contributed by atoms with Gasteiger partial charge in [0.25, 0.3) is 0 Å². The van der Waals surface area contributed by atoms with E-state index in [1.807, 2.05) is 0 Å². The molecule has 0 bridgehead atoms. The maximum absolute atomic E-state index is 8.98. The summed E-state index contributed by atoms with van der Waals surface area (Å²) in [5, 5.41) is 13.3. The van der Waals surface area contributed by atoms with E-state index >= 15 is 0 Å². The molecule has 0 spiro atoms. The lowest BCUT2D eigenvalue weighted by Gasteiger charge is -2.20. The van der Waals surface area contributed by atoms with Gasteiger partial charge in [-0.05, 0) is 35.4 Å². The third kappa shape index (κ3) is 5.30. The summed E-state index contributed by atoms with van der Waals surface area (Å²) in [4.78, 5) is 2.33. The van der Waals surface area contributed by atoms with Crippen LogP contribution in [-0.4, -0.2) is 29.7 Å². The quantitative estimate of drug-likeness (QED) is 0.690. The van der Waals surface area contributed by atoms with Crippen LogP contribution < -0.4 is 0 Å². The van der Waals surface area contributed by atoms with Crippen molar-refractivity contribution in [2.75, 3.05) is 19.7 Å². The van der Waals surface area contributed by atoms with Crippen LogP contribution in [0.3, 0.4) is 0 Å². The van der Waals surface area contributed by atoms with E-state index in [2.05, 4.69) is 28.7 Å². The Morgan fingerprint density at radius 2 is 2.20 bits per heavy atom. The predicted molar refractivity (Wildman–Crippen MR) is 66.2 cm³/mol. The highest BCUT2D eigenvalue weighted by molar-refractivity contribution is 7.07. The molecule has 15 heavy (non-hydrogen) atoms. The van der Waals surface area contributed by atoms with Gasteiger partial charge in [0.2, 0.25) is 0 Å². The lowest BCUT2D eigenvalue weighted by molar-refractivity contribution is 0.188.